The van der Waals surface area contributed by atoms with Crippen LogP contribution < -0.4 is 10.3 Å². The van der Waals surface area contributed by atoms with Gasteiger partial charge in [-0.1, -0.05) is 29.8 Å². The van der Waals surface area contributed by atoms with Gasteiger partial charge in [-0.3, -0.25) is 19.0 Å². The Morgan fingerprint density at radius 1 is 1.11 bits per heavy atom. The molecule has 0 bridgehead atoms. The molecule has 4 rings (SSSR count). The molecule has 3 aromatic rings. The number of hydrogen-bond donors (Lipinski definition) is 1. The van der Waals surface area contributed by atoms with Gasteiger partial charge in [0.15, 0.2) is 6.61 Å². The van der Waals surface area contributed by atoms with Crippen LogP contribution in [0.3, 0.4) is 0 Å². The second-order valence-corrected chi connectivity index (χ2v) is 10.3. The first-order chi connectivity index (χ1) is 17.6. The van der Waals surface area contributed by atoms with Gasteiger partial charge in [-0.15, -0.1) is 0 Å². The number of nitrogens with one attached hydrogen (secondary N) is 1. The number of ether oxygens (including phenoxy) is 2. The van der Waals surface area contributed by atoms with E-state index < -0.39 is 34.1 Å². The standard InChI is InChI=1S/C24H25ClN4O7S/c1-16-22(23(31)29(27(16)2)17-6-4-3-5-7-17)26-37(33,34)18-8-9-20(25)19(14-18)24(32)36-15-21(30)28-10-12-35-13-11-28/h3-9,14,26H,10-13,15H2,1-2H3. The van der Waals surface area contributed by atoms with Crippen molar-refractivity contribution in [1.82, 2.24) is 14.3 Å². The van der Waals surface area contributed by atoms with E-state index in [0.717, 1.165) is 6.07 Å². The molecule has 196 valence electrons. The molecule has 0 aliphatic carbocycles. The lowest BCUT2D eigenvalue weighted by atomic mass is 10.2. The minimum Gasteiger partial charge on any atom is -0.452 e. The van der Waals surface area contributed by atoms with Gasteiger partial charge in [0, 0.05) is 20.1 Å². The number of morpholine rings is 1. The lowest BCUT2D eigenvalue weighted by molar-refractivity contribution is -0.138. The van der Waals surface area contributed by atoms with Gasteiger partial charge in [-0.2, -0.15) is 0 Å². The molecule has 0 radical (unpaired) electrons. The Balaban J connectivity index is 1.56. The number of benzene rings is 2. The molecule has 2 heterocycles. The summed E-state index contributed by atoms with van der Waals surface area (Å²) in [5, 5.41) is -0.0508. The zero-order valence-electron chi connectivity index (χ0n) is 20.1. The largest absolute Gasteiger partial charge is 0.452 e. The number of nitrogens with zero attached hydrogens (tertiary/aromatic N) is 3. The van der Waals surface area contributed by atoms with Gasteiger partial charge in [-0.05, 0) is 37.3 Å². The molecule has 1 fully saturated rings. The maximum Gasteiger partial charge on any atom is 0.340 e. The van der Waals surface area contributed by atoms with E-state index in [-0.39, 0.29) is 21.2 Å². The van der Waals surface area contributed by atoms with Gasteiger partial charge < -0.3 is 14.4 Å². The van der Waals surface area contributed by atoms with Gasteiger partial charge in [0.1, 0.15) is 5.69 Å². The molecule has 1 saturated heterocycles. The quantitative estimate of drug-likeness (QED) is 0.447. The van der Waals surface area contributed by atoms with Crippen molar-refractivity contribution in [3.05, 3.63) is 75.2 Å². The summed E-state index contributed by atoms with van der Waals surface area (Å²) < 4.78 is 41.9. The number of esters is 1. The summed E-state index contributed by atoms with van der Waals surface area (Å²) in [5.41, 5.74) is 0.0108. The molecule has 1 N–H and O–H groups in total. The summed E-state index contributed by atoms with van der Waals surface area (Å²) in [5.74, 6) is -1.35. The molecule has 0 saturated carbocycles. The van der Waals surface area contributed by atoms with E-state index in [0.29, 0.717) is 37.7 Å². The number of para-hydroxylation sites is 1. The maximum absolute atomic E-state index is 13.2. The van der Waals surface area contributed by atoms with Crippen LogP contribution in [0.15, 0.2) is 58.2 Å². The number of amides is 1. The van der Waals surface area contributed by atoms with E-state index in [4.69, 9.17) is 21.1 Å². The SMILES string of the molecule is Cc1c(NS(=O)(=O)c2ccc(Cl)c(C(=O)OCC(=O)N3CCOCC3)c2)c(=O)n(-c2ccccc2)n1C. The molecule has 1 aliphatic heterocycles. The average molecular weight is 549 g/mol. The molecule has 1 aromatic heterocycles. The van der Waals surface area contributed by atoms with E-state index in [1.54, 1.807) is 44.3 Å². The molecule has 13 heteroatoms. The third-order valence-corrected chi connectivity index (χ3v) is 7.63. The van der Waals surface area contributed by atoms with Crippen LogP contribution in [0.2, 0.25) is 5.02 Å². The van der Waals surface area contributed by atoms with Crippen LogP contribution in [-0.2, 0) is 31.3 Å². The average Bonchev–Trinajstić information content (AvgIpc) is 3.10. The number of anilines is 1. The van der Waals surface area contributed by atoms with Crippen LogP contribution in [0, 0.1) is 6.92 Å². The van der Waals surface area contributed by atoms with E-state index in [9.17, 15) is 22.8 Å². The fraction of sp³-hybridized carbons (Fsp3) is 0.292. The number of halogens is 1. The number of carbonyl (C=O) groups excluding carboxylic acids is 2. The Hall–Kier alpha value is -3.61. The summed E-state index contributed by atoms with van der Waals surface area (Å²) in [6.07, 6.45) is 0. The summed E-state index contributed by atoms with van der Waals surface area (Å²) >= 11 is 6.12. The Bertz CT molecular complexity index is 1490. The fourth-order valence-corrected chi connectivity index (χ4v) is 5.15. The number of hydrogen-bond acceptors (Lipinski definition) is 7. The van der Waals surface area contributed by atoms with E-state index in [2.05, 4.69) is 4.72 Å². The monoisotopic (exact) mass is 548 g/mol. The Morgan fingerprint density at radius 2 is 1.78 bits per heavy atom. The van der Waals surface area contributed by atoms with Crippen LogP contribution in [0.1, 0.15) is 16.1 Å². The van der Waals surface area contributed by atoms with Crippen molar-refractivity contribution < 1.29 is 27.5 Å². The Labute approximate surface area is 218 Å². The molecular formula is C24H25ClN4O7S. The predicted octanol–water partition coefficient (Wildman–Crippen LogP) is 1.95. The zero-order valence-corrected chi connectivity index (χ0v) is 21.7. The van der Waals surface area contributed by atoms with Gasteiger partial charge in [0.05, 0.1) is 40.1 Å². The summed E-state index contributed by atoms with van der Waals surface area (Å²) in [6.45, 7) is 2.66. The highest BCUT2D eigenvalue weighted by Crippen LogP contribution is 2.24. The summed E-state index contributed by atoms with van der Waals surface area (Å²) in [4.78, 5) is 39.2. The minimum absolute atomic E-state index is 0.0508. The molecule has 0 spiro atoms. The molecule has 37 heavy (non-hydrogen) atoms. The lowest BCUT2D eigenvalue weighted by Crippen LogP contribution is -2.42. The number of sulfonamides is 1. The molecule has 1 amide bonds. The highest BCUT2D eigenvalue weighted by atomic mass is 35.5. The summed E-state index contributed by atoms with van der Waals surface area (Å²) in [7, 11) is -2.66. The zero-order chi connectivity index (χ0) is 26.7. The van der Waals surface area contributed by atoms with Crippen LogP contribution >= 0.6 is 11.6 Å². The molecule has 11 nitrogen and oxygen atoms in total. The topological polar surface area (TPSA) is 129 Å². The van der Waals surface area contributed by atoms with Crippen molar-refractivity contribution in [2.45, 2.75) is 11.8 Å². The van der Waals surface area contributed by atoms with E-state index in [1.807, 2.05) is 0 Å². The number of carbonyl (C=O) groups is 2. The molecule has 0 unspecified atom stereocenters. The second kappa shape index (κ2) is 10.8. The van der Waals surface area contributed by atoms with Gasteiger partial charge in [0.25, 0.3) is 21.5 Å². The van der Waals surface area contributed by atoms with Crippen molar-refractivity contribution in [2.75, 3.05) is 37.6 Å². The first kappa shape index (κ1) is 26.5. The fourth-order valence-electron chi connectivity index (χ4n) is 3.82. The van der Waals surface area contributed by atoms with Gasteiger partial charge >= 0.3 is 5.97 Å². The Morgan fingerprint density at radius 3 is 2.46 bits per heavy atom. The maximum atomic E-state index is 13.2. The summed E-state index contributed by atoms with van der Waals surface area (Å²) in [6, 6.07) is 12.2. The normalized spacial score (nSPS) is 13.9. The molecule has 2 aromatic carbocycles. The number of aromatic nitrogens is 2. The van der Waals surface area contributed by atoms with Crippen molar-refractivity contribution in [2.24, 2.45) is 7.05 Å². The first-order valence-corrected chi connectivity index (χ1v) is 13.2. The highest BCUT2D eigenvalue weighted by molar-refractivity contribution is 7.92. The minimum atomic E-state index is -4.30. The predicted molar refractivity (Wildman–Crippen MR) is 136 cm³/mol. The lowest BCUT2D eigenvalue weighted by Gasteiger charge is -2.26. The van der Waals surface area contributed by atoms with Crippen molar-refractivity contribution >= 4 is 39.2 Å². The van der Waals surface area contributed by atoms with Crippen LogP contribution in [-0.4, -0.2) is 67.5 Å². The van der Waals surface area contributed by atoms with E-state index in [1.165, 1.54) is 26.4 Å². The van der Waals surface area contributed by atoms with Crippen LogP contribution in [0.4, 0.5) is 5.69 Å². The highest BCUT2D eigenvalue weighted by Gasteiger charge is 2.25. The van der Waals surface area contributed by atoms with Gasteiger partial charge in [0.2, 0.25) is 0 Å². The molecule has 1 aliphatic rings. The third-order valence-electron chi connectivity index (χ3n) is 5.95. The van der Waals surface area contributed by atoms with Crippen LogP contribution in [0.25, 0.3) is 5.69 Å². The molecular weight excluding hydrogens is 524 g/mol. The van der Waals surface area contributed by atoms with E-state index >= 15 is 0 Å². The van der Waals surface area contributed by atoms with Crippen LogP contribution in [0.5, 0.6) is 0 Å². The van der Waals surface area contributed by atoms with Crippen molar-refractivity contribution in [3.63, 3.8) is 0 Å². The smallest absolute Gasteiger partial charge is 0.340 e. The second-order valence-electron chi connectivity index (χ2n) is 8.25. The first-order valence-electron chi connectivity index (χ1n) is 11.3. The Kier molecular flexibility index (Phi) is 7.71. The number of rotatable bonds is 7. The van der Waals surface area contributed by atoms with Crippen molar-refractivity contribution in [3.8, 4) is 5.69 Å². The third kappa shape index (κ3) is 5.55. The molecule has 0 atom stereocenters. The van der Waals surface area contributed by atoms with Gasteiger partial charge in [-0.25, -0.2) is 17.9 Å². The van der Waals surface area contributed by atoms with Crippen molar-refractivity contribution in [1.29, 1.82) is 0 Å².